The molecule has 3 nitrogen and oxygen atoms in total. The highest BCUT2D eigenvalue weighted by Gasteiger charge is 1.84. The molecule has 1 aromatic carbocycles. The highest BCUT2D eigenvalue weighted by atomic mass is 14.8. The number of allylic oxidation sites excluding steroid dienone is 2. The molecule has 3 heterocycles. The highest BCUT2D eigenvalue weighted by Crippen LogP contribution is 1.95. The summed E-state index contributed by atoms with van der Waals surface area (Å²) in [6.07, 6.45) is 11.6. The zero-order valence-electron chi connectivity index (χ0n) is 17.3. The van der Waals surface area contributed by atoms with Gasteiger partial charge in [-0.3, -0.25) is 9.97 Å². The largest absolute Gasteiger partial charge is 0.387 e. The number of rotatable bonds is 0. The summed E-state index contributed by atoms with van der Waals surface area (Å²) in [5.41, 5.74) is 4.90. The van der Waals surface area contributed by atoms with E-state index in [0.717, 1.165) is 12.2 Å². The molecule has 0 saturated heterocycles. The minimum atomic E-state index is 0.983. The van der Waals surface area contributed by atoms with Crippen LogP contribution in [-0.2, 0) is 0 Å². The number of dihydropyridines is 1. The van der Waals surface area contributed by atoms with Gasteiger partial charge in [-0.1, -0.05) is 60.2 Å². The number of benzene rings is 1. The van der Waals surface area contributed by atoms with Crippen molar-refractivity contribution in [1.29, 1.82) is 0 Å². The number of aromatic nitrogens is 2. The standard InChI is InChI=1S/C7H8.C6H9N.2C6H7N/c1-7-5-3-2-4-6-7;2*1-6-3-2-4-7-5-6;1-6-4-2-3-5-7-6/h2-6H,1H3;2-3,5,7H,4H2,1H3;2*2-5H,1H3. The second-order valence-electron chi connectivity index (χ2n) is 6.36. The zero-order valence-corrected chi connectivity index (χ0v) is 17.3. The molecule has 0 bridgehead atoms. The van der Waals surface area contributed by atoms with Gasteiger partial charge in [0.2, 0.25) is 0 Å². The van der Waals surface area contributed by atoms with E-state index in [1.54, 1.807) is 12.4 Å². The lowest BCUT2D eigenvalue weighted by molar-refractivity contribution is 0.955. The summed E-state index contributed by atoms with van der Waals surface area (Å²) < 4.78 is 0. The van der Waals surface area contributed by atoms with Crippen molar-refractivity contribution in [3.8, 4) is 0 Å². The quantitative estimate of drug-likeness (QED) is 0.539. The third-order valence-corrected chi connectivity index (χ3v) is 3.51. The molecule has 1 aliphatic rings. The molecule has 2 aromatic heterocycles. The molecule has 0 amide bonds. The zero-order chi connectivity index (χ0) is 20.5. The van der Waals surface area contributed by atoms with E-state index in [4.69, 9.17) is 0 Å². The summed E-state index contributed by atoms with van der Waals surface area (Å²) in [5.74, 6) is 0. The van der Waals surface area contributed by atoms with Crippen molar-refractivity contribution in [2.45, 2.75) is 27.7 Å². The van der Waals surface area contributed by atoms with Gasteiger partial charge in [0.1, 0.15) is 0 Å². The Morgan fingerprint density at radius 2 is 1.46 bits per heavy atom. The number of aryl methyl sites for hydroxylation is 3. The molecule has 0 fully saturated rings. The number of nitrogens with one attached hydrogen (secondary N) is 1. The van der Waals surface area contributed by atoms with Crippen LogP contribution in [0.2, 0.25) is 0 Å². The maximum Gasteiger partial charge on any atom is 0.0372 e. The Balaban J connectivity index is 0.000000187. The third kappa shape index (κ3) is 13.1. The Bertz CT molecular complexity index is 706. The molecule has 3 aromatic rings. The Morgan fingerprint density at radius 3 is 1.75 bits per heavy atom. The lowest BCUT2D eigenvalue weighted by Crippen LogP contribution is -2.07. The van der Waals surface area contributed by atoms with Gasteiger partial charge >= 0.3 is 0 Å². The fraction of sp³-hybridized carbons (Fsp3) is 0.200. The van der Waals surface area contributed by atoms with E-state index in [0.29, 0.717) is 0 Å². The molecule has 4 rings (SSSR count). The van der Waals surface area contributed by atoms with E-state index < -0.39 is 0 Å². The minimum absolute atomic E-state index is 0.983. The SMILES string of the molecule is CC1=CNCC=C1.Cc1ccccc1.Cc1ccccn1.Cc1cccnc1. The second-order valence-corrected chi connectivity index (χ2v) is 6.36. The molecular weight excluding hydrogens is 342 g/mol. The number of hydrogen-bond donors (Lipinski definition) is 1. The second kappa shape index (κ2) is 14.9. The average Bonchev–Trinajstić information content (AvgIpc) is 2.72. The molecule has 146 valence electrons. The Kier molecular flexibility index (Phi) is 12.2. The number of pyridine rings is 2. The molecule has 0 spiro atoms. The first-order valence-electron chi connectivity index (χ1n) is 9.40. The van der Waals surface area contributed by atoms with Crippen molar-refractivity contribution in [1.82, 2.24) is 15.3 Å². The van der Waals surface area contributed by atoms with Crippen LogP contribution in [0, 0.1) is 20.8 Å². The number of nitrogens with zero attached hydrogens (tertiary/aromatic N) is 2. The molecule has 0 atom stereocenters. The summed E-state index contributed by atoms with van der Waals surface area (Å²) in [7, 11) is 0. The molecule has 1 aliphatic heterocycles. The van der Waals surface area contributed by atoms with Crippen LogP contribution in [-0.4, -0.2) is 16.5 Å². The molecule has 0 radical (unpaired) electrons. The summed E-state index contributed by atoms with van der Waals surface area (Å²) in [5, 5.41) is 3.09. The van der Waals surface area contributed by atoms with E-state index in [-0.39, 0.29) is 0 Å². The van der Waals surface area contributed by atoms with E-state index >= 15 is 0 Å². The van der Waals surface area contributed by atoms with E-state index in [1.165, 1.54) is 16.7 Å². The van der Waals surface area contributed by atoms with Crippen molar-refractivity contribution in [3.63, 3.8) is 0 Å². The third-order valence-electron chi connectivity index (χ3n) is 3.51. The molecule has 3 heteroatoms. The van der Waals surface area contributed by atoms with Gasteiger partial charge in [-0.05, 0) is 63.2 Å². The average molecular weight is 374 g/mol. The predicted molar refractivity (Wildman–Crippen MR) is 120 cm³/mol. The van der Waals surface area contributed by atoms with Gasteiger partial charge < -0.3 is 5.32 Å². The molecular formula is C25H31N3. The molecule has 0 aliphatic carbocycles. The van der Waals surface area contributed by atoms with Gasteiger partial charge in [-0.15, -0.1) is 0 Å². The van der Waals surface area contributed by atoms with Crippen LogP contribution < -0.4 is 5.32 Å². The van der Waals surface area contributed by atoms with Crippen LogP contribution in [0.1, 0.15) is 23.7 Å². The summed E-state index contributed by atoms with van der Waals surface area (Å²) >= 11 is 0. The van der Waals surface area contributed by atoms with E-state index in [2.05, 4.69) is 53.4 Å². The van der Waals surface area contributed by atoms with Crippen molar-refractivity contribution >= 4 is 0 Å². The van der Waals surface area contributed by atoms with Crippen LogP contribution >= 0.6 is 0 Å². The maximum absolute atomic E-state index is 3.98. The van der Waals surface area contributed by atoms with Gasteiger partial charge in [-0.2, -0.15) is 0 Å². The lowest BCUT2D eigenvalue weighted by atomic mass is 10.2. The first-order valence-corrected chi connectivity index (χ1v) is 9.40. The van der Waals surface area contributed by atoms with Gasteiger partial charge in [-0.25, -0.2) is 0 Å². The van der Waals surface area contributed by atoms with Crippen molar-refractivity contribution in [3.05, 3.63) is 120 Å². The smallest absolute Gasteiger partial charge is 0.0372 e. The Labute approximate surface area is 169 Å². The topological polar surface area (TPSA) is 37.8 Å². The summed E-state index contributed by atoms with van der Waals surface area (Å²) in [6, 6.07) is 20.1. The maximum atomic E-state index is 3.98. The highest BCUT2D eigenvalue weighted by molar-refractivity contribution is 5.18. The minimum Gasteiger partial charge on any atom is -0.387 e. The molecule has 28 heavy (non-hydrogen) atoms. The van der Waals surface area contributed by atoms with Gasteiger partial charge in [0.05, 0.1) is 0 Å². The monoisotopic (exact) mass is 373 g/mol. The molecule has 0 saturated carbocycles. The molecule has 1 N–H and O–H groups in total. The van der Waals surface area contributed by atoms with Gasteiger partial charge in [0.15, 0.2) is 0 Å². The Morgan fingerprint density at radius 1 is 0.750 bits per heavy atom. The van der Waals surface area contributed by atoms with Gasteiger partial charge in [0, 0.05) is 30.8 Å². The van der Waals surface area contributed by atoms with E-state index in [9.17, 15) is 0 Å². The fourth-order valence-electron chi connectivity index (χ4n) is 2.01. The summed E-state index contributed by atoms with van der Waals surface area (Å²) in [4.78, 5) is 7.86. The van der Waals surface area contributed by atoms with Crippen LogP contribution in [0.4, 0.5) is 0 Å². The summed E-state index contributed by atoms with van der Waals surface area (Å²) in [6.45, 7) is 9.13. The predicted octanol–water partition coefficient (Wildman–Crippen LogP) is 5.82. The van der Waals surface area contributed by atoms with Crippen LogP contribution in [0.25, 0.3) is 0 Å². The number of hydrogen-bond acceptors (Lipinski definition) is 3. The normalized spacial score (nSPS) is 11.1. The van der Waals surface area contributed by atoms with Crippen LogP contribution in [0.5, 0.6) is 0 Å². The van der Waals surface area contributed by atoms with Crippen molar-refractivity contribution in [2.75, 3.05) is 6.54 Å². The van der Waals surface area contributed by atoms with Gasteiger partial charge in [0.25, 0.3) is 0 Å². The first kappa shape index (κ1) is 22.8. The fourth-order valence-corrected chi connectivity index (χ4v) is 2.01. The van der Waals surface area contributed by atoms with Crippen molar-refractivity contribution in [2.24, 2.45) is 0 Å². The lowest BCUT2D eigenvalue weighted by Gasteiger charge is -2.00. The van der Waals surface area contributed by atoms with E-state index in [1.807, 2.05) is 74.8 Å². The first-order chi connectivity index (χ1) is 13.6. The van der Waals surface area contributed by atoms with Crippen LogP contribution in [0.3, 0.4) is 0 Å². The Hall–Kier alpha value is -3.20. The van der Waals surface area contributed by atoms with Crippen LogP contribution in [0.15, 0.2) is 103 Å². The molecule has 0 unspecified atom stereocenters. The van der Waals surface area contributed by atoms with Crippen molar-refractivity contribution < 1.29 is 0 Å².